The Bertz CT molecular complexity index is 1130. The average Bonchev–Trinajstić information content (AvgIpc) is 3.13. The van der Waals surface area contributed by atoms with Crippen LogP contribution in [0.1, 0.15) is 27.2 Å². The number of hydrogen-bond acceptors (Lipinski definition) is 5. The molecule has 2 aromatic heterocycles. The van der Waals surface area contributed by atoms with Crippen LogP contribution in [0.5, 0.6) is 0 Å². The molecule has 0 unspecified atom stereocenters. The summed E-state index contributed by atoms with van der Waals surface area (Å²) < 4.78 is 28.9. The highest BCUT2D eigenvalue weighted by molar-refractivity contribution is 7.89. The number of aromatic carboxylic acids is 1. The highest BCUT2D eigenvalue weighted by Crippen LogP contribution is 2.26. The number of carboxylic acid groups (broad SMARTS) is 1. The number of benzene rings is 1. The second-order valence-corrected chi connectivity index (χ2v) is 8.38. The first-order chi connectivity index (χ1) is 13.4. The van der Waals surface area contributed by atoms with Crippen LogP contribution < -0.4 is 0 Å². The van der Waals surface area contributed by atoms with Crippen LogP contribution in [0.2, 0.25) is 0 Å². The molecule has 0 radical (unpaired) electrons. The maximum Gasteiger partial charge on any atom is 0.340 e. The van der Waals surface area contributed by atoms with Crippen molar-refractivity contribution in [3.8, 4) is 0 Å². The highest BCUT2D eigenvalue weighted by Gasteiger charge is 2.34. The molecule has 28 heavy (non-hydrogen) atoms. The van der Waals surface area contributed by atoms with Crippen molar-refractivity contribution in [2.75, 3.05) is 6.54 Å². The monoisotopic (exact) mass is 398 g/mol. The van der Waals surface area contributed by atoms with Crippen LogP contribution in [0.3, 0.4) is 0 Å². The van der Waals surface area contributed by atoms with Gasteiger partial charge in [0.05, 0.1) is 12.2 Å². The molecular weight excluding hydrogens is 380 g/mol. The number of aromatic nitrogens is 3. The molecule has 3 aromatic rings. The van der Waals surface area contributed by atoms with Crippen molar-refractivity contribution in [1.29, 1.82) is 0 Å². The van der Waals surface area contributed by atoms with Crippen LogP contribution in [0.4, 0.5) is 0 Å². The number of rotatable bonds is 5. The van der Waals surface area contributed by atoms with E-state index in [-0.39, 0.29) is 25.2 Å². The quantitative estimate of drug-likeness (QED) is 0.702. The van der Waals surface area contributed by atoms with Gasteiger partial charge in [-0.2, -0.15) is 9.40 Å². The van der Waals surface area contributed by atoms with Gasteiger partial charge < -0.3 is 5.11 Å². The molecule has 1 aromatic carbocycles. The normalized spacial score (nSPS) is 14.6. The third-order valence-corrected chi connectivity index (χ3v) is 6.47. The molecule has 1 N–H and O–H groups in total. The molecule has 9 heteroatoms. The number of hydrogen-bond donors (Lipinski definition) is 1. The topological polar surface area (TPSA) is 105 Å². The first-order valence-electron chi connectivity index (χ1n) is 8.73. The molecule has 8 nitrogen and oxygen atoms in total. The van der Waals surface area contributed by atoms with Gasteiger partial charge in [0.25, 0.3) is 10.0 Å². The Balaban J connectivity index is 1.68. The minimum Gasteiger partial charge on any atom is -0.478 e. The number of carboxylic acids is 1. The van der Waals surface area contributed by atoms with Crippen molar-refractivity contribution >= 4 is 16.0 Å². The van der Waals surface area contributed by atoms with Gasteiger partial charge in [-0.15, -0.1) is 0 Å². The van der Waals surface area contributed by atoms with Crippen molar-refractivity contribution in [2.24, 2.45) is 0 Å². The number of nitrogens with zero attached hydrogens (tertiary/aromatic N) is 4. The van der Waals surface area contributed by atoms with Gasteiger partial charge >= 0.3 is 5.97 Å². The van der Waals surface area contributed by atoms with Gasteiger partial charge in [-0.25, -0.2) is 13.2 Å². The van der Waals surface area contributed by atoms with Gasteiger partial charge in [0, 0.05) is 25.5 Å². The minimum absolute atomic E-state index is 0.180. The number of fused-ring (bicyclic) bond motifs is 1. The molecule has 1 aliphatic rings. The lowest BCUT2D eigenvalue weighted by Crippen LogP contribution is -2.36. The maximum absolute atomic E-state index is 13.2. The predicted octanol–water partition coefficient (Wildman–Crippen LogP) is 1.77. The van der Waals surface area contributed by atoms with E-state index in [9.17, 15) is 18.3 Å². The van der Waals surface area contributed by atoms with E-state index in [2.05, 4.69) is 10.1 Å². The molecule has 0 spiro atoms. The minimum atomic E-state index is -4.05. The molecule has 144 valence electrons. The van der Waals surface area contributed by atoms with Crippen molar-refractivity contribution < 1.29 is 18.3 Å². The zero-order valence-corrected chi connectivity index (χ0v) is 15.7. The second-order valence-electron chi connectivity index (χ2n) is 6.53. The summed E-state index contributed by atoms with van der Waals surface area (Å²) in [6.07, 6.45) is 3.42. The molecule has 0 saturated heterocycles. The van der Waals surface area contributed by atoms with Crippen LogP contribution in [0.15, 0.2) is 59.9 Å². The first-order valence-corrected chi connectivity index (χ1v) is 10.2. The zero-order chi connectivity index (χ0) is 19.7. The molecule has 0 saturated carbocycles. The first kappa shape index (κ1) is 18.3. The van der Waals surface area contributed by atoms with E-state index < -0.39 is 21.0 Å². The molecule has 0 amide bonds. The summed E-state index contributed by atoms with van der Waals surface area (Å²) in [4.78, 5) is 15.8. The largest absolute Gasteiger partial charge is 0.478 e. The summed E-state index contributed by atoms with van der Waals surface area (Å²) in [5, 5.41) is 13.2. The second kappa shape index (κ2) is 7.17. The van der Waals surface area contributed by atoms with E-state index in [1.165, 1.54) is 15.2 Å². The van der Waals surface area contributed by atoms with E-state index in [1.807, 2.05) is 24.3 Å². The fourth-order valence-electron chi connectivity index (χ4n) is 3.28. The van der Waals surface area contributed by atoms with Crippen molar-refractivity contribution in [1.82, 2.24) is 19.1 Å². The van der Waals surface area contributed by atoms with E-state index in [4.69, 9.17) is 0 Å². The molecule has 4 rings (SSSR count). The lowest BCUT2D eigenvalue weighted by Gasteiger charge is -2.27. The van der Waals surface area contributed by atoms with Crippen LogP contribution in [0.25, 0.3) is 0 Å². The maximum atomic E-state index is 13.2. The van der Waals surface area contributed by atoms with Crippen LogP contribution in [-0.4, -0.2) is 45.1 Å². The summed E-state index contributed by atoms with van der Waals surface area (Å²) in [6, 6.07) is 13.0. The molecular formula is C19H18N4O4S. The van der Waals surface area contributed by atoms with Gasteiger partial charge in [0.2, 0.25) is 5.03 Å². The van der Waals surface area contributed by atoms with Crippen molar-refractivity contribution in [3.05, 3.63) is 77.2 Å². The summed E-state index contributed by atoms with van der Waals surface area (Å²) in [6.45, 7) is 0.662. The summed E-state index contributed by atoms with van der Waals surface area (Å²) in [7, 11) is -4.05. The molecule has 0 atom stereocenters. The average molecular weight is 398 g/mol. The Morgan fingerprint density at radius 3 is 2.57 bits per heavy atom. The fourth-order valence-corrected chi connectivity index (χ4v) is 4.79. The summed E-state index contributed by atoms with van der Waals surface area (Å²) in [5.41, 5.74) is 2.34. The number of pyridine rings is 1. The number of sulfonamides is 1. The zero-order valence-electron chi connectivity index (χ0n) is 14.9. The van der Waals surface area contributed by atoms with Gasteiger partial charge in [-0.3, -0.25) is 9.67 Å². The van der Waals surface area contributed by atoms with Gasteiger partial charge in [0.1, 0.15) is 5.56 Å². The predicted molar refractivity (Wildman–Crippen MR) is 100 cm³/mol. The van der Waals surface area contributed by atoms with Gasteiger partial charge in [-0.05, 0) is 29.7 Å². The van der Waals surface area contributed by atoms with Gasteiger partial charge in [0.15, 0.2) is 0 Å². The Hall–Kier alpha value is -3.04. The SMILES string of the molecule is O=C(O)c1cn(Cc2ccccn2)nc1S(=O)(=O)N1CCc2ccccc2C1. The van der Waals surface area contributed by atoms with E-state index in [1.54, 1.807) is 24.4 Å². The molecule has 0 aliphatic carbocycles. The van der Waals surface area contributed by atoms with Gasteiger partial charge in [-0.1, -0.05) is 30.3 Å². The summed E-state index contributed by atoms with van der Waals surface area (Å²) in [5.74, 6) is -1.33. The van der Waals surface area contributed by atoms with Crippen LogP contribution in [-0.2, 0) is 29.5 Å². The van der Waals surface area contributed by atoms with Crippen molar-refractivity contribution in [2.45, 2.75) is 24.5 Å². The Kier molecular flexibility index (Phi) is 4.70. The van der Waals surface area contributed by atoms with E-state index in [0.717, 1.165) is 11.1 Å². The lowest BCUT2D eigenvalue weighted by atomic mass is 10.0. The third-order valence-electron chi connectivity index (χ3n) is 4.69. The highest BCUT2D eigenvalue weighted by atomic mass is 32.2. The standard InChI is InChI=1S/C19H18N4O4S/c24-19(25)17-13-22(12-16-7-3-4-9-20-16)21-18(17)28(26,27)23-10-8-14-5-1-2-6-15(14)11-23/h1-7,9,13H,8,10-12H2,(H,24,25). The third kappa shape index (κ3) is 3.41. The van der Waals surface area contributed by atoms with E-state index in [0.29, 0.717) is 12.1 Å². The van der Waals surface area contributed by atoms with Crippen molar-refractivity contribution in [3.63, 3.8) is 0 Å². The molecule has 1 aliphatic heterocycles. The Labute approximate surface area is 162 Å². The lowest BCUT2D eigenvalue weighted by molar-refractivity contribution is 0.0692. The molecule has 0 bridgehead atoms. The fraction of sp³-hybridized carbons (Fsp3) is 0.211. The van der Waals surface area contributed by atoms with E-state index >= 15 is 0 Å². The number of carbonyl (C=O) groups is 1. The van der Waals surface area contributed by atoms with Crippen LogP contribution >= 0.6 is 0 Å². The Morgan fingerprint density at radius 1 is 1.11 bits per heavy atom. The molecule has 3 heterocycles. The Morgan fingerprint density at radius 2 is 1.86 bits per heavy atom. The summed E-state index contributed by atoms with van der Waals surface area (Å²) >= 11 is 0. The smallest absolute Gasteiger partial charge is 0.340 e. The van der Waals surface area contributed by atoms with Crippen LogP contribution in [0, 0.1) is 0 Å². The molecule has 0 fully saturated rings.